The van der Waals surface area contributed by atoms with Crippen LogP contribution in [0, 0.1) is 12.9 Å². The van der Waals surface area contributed by atoms with Crippen molar-refractivity contribution in [2.45, 2.75) is 38.4 Å². The number of carbonyl (C=O) groups is 1. The average molecular weight is 403 g/mol. The lowest BCUT2D eigenvalue weighted by Crippen LogP contribution is -2.25. The Bertz CT molecular complexity index is 1110. The molecule has 1 saturated carbocycles. The number of benzene rings is 1. The summed E-state index contributed by atoms with van der Waals surface area (Å²) in [7, 11) is 0. The first-order valence-corrected chi connectivity index (χ1v) is 9.14. The molecule has 1 amide bonds. The molecule has 4 rings (SSSR count). The Labute approximate surface area is 164 Å². The van der Waals surface area contributed by atoms with Crippen LogP contribution in [0.15, 0.2) is 36.4 Å². The van der Waals surface area contributed by atoms with Gasteiger partial charge in [0.15, 0.2) is 0 Å². The Morgan fingerprint density at radius 3 is 2.59 bits per heavy atom. The smallest absolute Gasteiger partial charge is 0.345 e. The lowest BCUT2D eigenvalue weighted by atomic mass is 9.98. The molecule has 4 nitrogen and oxygen atoms in total. The van der Waals surface area contributed by atoms with Crippen molar-refractivity contribution in [2.24, 2.45) is 0 Å². The fourth-order valence-corrected chi connectivity index (χ4v) is 3.31. The number of carbonyl (C=O) groups excluding carboxylic acids is 1. The minimum Gasteiger partial charge on any atom is -0.345 e. The van der Waals surface area contributed by atoms with Crippen LogP contribution in [0.2, 0.25) is 0 Å². The summed E-state index contributed by atoms with van der Waals surface area (Å²) in [5, 5.41) is 2.91. The molecule has 29 heavy (non-hydrogen) atoms. The van der Waals surface area contributed by atoms with Crippen LogP contribution in [0.4, 0.5) is 17.6 Å². The van der Waals surface area contributed by atoms with E-state index < -0.39 is 23.6 Å². The van der Waals surface area contributed by atoms with Crippen LogP contribution in [0.25, 0.3) is 10.9 Å². The molecule has 1 aliphatic rings. The fraction of sp³-hybridized carbons (Fsp3) is 0.286. The standard InChI is InChI=1S/C21H17F4N3O/c1-11-7-17(20(29)26-10-14-3-2-4-18(22)27-14)28-19-15(11)8-13(12-5-6-12)9-16(19)21(23,24)25/h2-4,7-9,12H,5-6,10H2,1H3,(H,26,29). The minimum atomic E-state index is -4.58. The van der Waals surface area contributed by atoms with Crippen LogP contribution in [-0.2, 0) is 12.7 Å². The first-order valence-electron chi connectivity index (χ1n) is 9.14. The lowest BCUT2D eigenvalue weighted by molar-refractivity contribution is -0.136. The maximum Gasteiger partial charge on any atom is 0.418 e. The minimum absolute atomic E-state index is 0.0674. The first kappa shape index (κ1) is 19.3. The summed E-state index contributed by atoms with van der Waals surface area (Å²) in [6.45, 7) is 1.59. The van der Waals surface area contributed by atoms with Crippen molar-refractivity contribution in [1.29, 1.82) is 0 Å². The number of hydrogen-bond donors (Lipinski definition) is 1. The normalized spacial score (nSPS) is 14.2. The number of rotatable bonds is 4. The molecule has 8 heteroatoms. The van der Waals surface area contributed by atoms with Gasteiger partial charge in [-0.15, -0.1) is 0 Å². The first-order chi connectivity index (χ1) is 13.7. The predicted molar refractivity (Wildman–Crippen MR) is 98.8 cm³/mol. The third kappa shape index (κ3) is 4.06. The predicted octanol–water partition coefficient (Wildman–Crippen LogP) is 4.90. The number of nitrogens with zero attached hydrogens (tertiary/aromatic N) is 2. The van der Waals surface area contributed by atoms with E-state index in [9.17, 15) is 22.4 Å². The Kier molecular flexibility index (Phi) is 4.72. The zero-order chi connectivity index (χ0) is 20.8. The van der Waals surface area contributed by atoms with Crippen molar-refractivity contribution in [3.05, 3.63) is 70.4 Å². The van der Waals surface area contributed by atoms with E-state index in [1.54, 1.807) is 13.0 Å². The maximum atomic E-state index is 13.7. The van der Waals surface area contributed by atoms with Crippen LogP contribution in [-0.4, -0.2) is 15.9 Å². The van der Waals surface area contributed by atoms with Gasteiger partial charge in [0, 0.05) is 5.39 Å². The topological polar surface area (TPSA) is 54.9 Å². The number of hydrogen-bond acceptors (Lipinski definition) is 3. The van der Waals surface area contributed by atoms with Crippen LogP contribution < -0.4 is 5.32 Å². The van der Waals surface area contributed by atoms with E-state index >= 15 is 0 Å². The lowest BCUT2D eigenvalue weighted by Gasteiger charge is -2.15. The molecular weight excluding hydrogens is 386 g/mol. The van der Waals surface area contributed by atoms with Crippen LogP contribution >= 0.6 is 0 Å². The summed E-state index contributed by atoms with van der Waals surface area (Å²) in [6.07, 6.45) is -2.82. The highest BCUT2D eigenvalue weighted by molar-refractivity contribution is 5.96. The Morgan fingerprint density at radius 2 is 1.93 bits per heavy atom. The molecular formula is C21H17F4N3O. The van der Waals surface area contributed by atoms with Gasteiger partial charge in [-0.1, -0.05) is 6.07 Å². The number of fused-ring (bicyclic) bond motifs is 1. The van der Waals surface area contributed by atoms with Gasteiger partial charge in [-0.25, -0.2) is 9.97 Å². The fourth-order valence-electron chi connectivity index (χ4n) is 3.31. The van der Waals surface area contributed by atoms with Crippen LogP contribution in [0.1, 0.15) is 51.6 Å². The van der Waals surface area contributed by atoms with Gasteiger partial charge >= 0.3 is 6.18 Å². The van der Waals surface area contributed by atoms with Crippen molar-refractivity contribution >= 4 is 16.8 Å². The van der Waals surface area contributed by atoms with Crippen molar-refractivity contribution in [2.75, 3.05) is 0 Å². The highest BCUT2D eigenvalue weighted by Crippen LogP contribution is 2.44. The molecule has 0 atom stereocenters. The highest BCUT2D eigenvalue weighted by Gasteiger charge is 2.36. The molecule has 0 saturated heterocycles. The van der Waals surface area contributed by atoms with Gasteiger partial charge < -0.3 is 5.32 Å². The van der Waals surface area contributed by atoms with E-state index in [0.29, 0.717) is 22.2 Å². The van der Waals surface area contributed by atoms with Crippen LogP contribution in [0.3, 0.4) is 0 Å². The molecule has 1 aromatic carbocycles. The van der Waals surface area contributed by atoms with Crippen molar-refractivity contribution < 1.29 is 22.4 Å². The number of halogens is 4. The molecule has 0 spiro atoms. The Hall–Kier alpha value is -3.03. The van der Waals surface area contributed by atoms with Gasteiger partial charge in [0.05, 0.1) is 23.3 Å². The van der Waals surface area contributed by atoms with Crippen LogP contribution in [0.5, 0.6) is 0 Å². The molecule has 2 heterocycles. The van der Waals surface area contributed by atoms with Gasteiger partial charge in [0.25, 0.3) is 5.91 Å². The monoisotopic (exact) mass is 403 g/mol. The van der Waals surface area contributed by atoms with Crippen molar-refractivity contribution in [3.63, 3.8) is 0 Å². The molecule has 2 aromatic heterocycles. The zero-order valence-corrected chi connectivity index (χ0v) is 15.5. The molecule has 0 aliphatic heterocycles. The molecule has 150 valence electrons. The number of nitrogens with one attached hydrogen (secondary N) is 1. The number of amides is 1. The van der Waals surface area contributed by atoms with Gasteiger partial charge in [-0.3, -0.25) is 4.79 Å². The second kappa shape index (κ2) is 7.09. The number of alkyl halides is 3. The highest BCUT2D eigenvalue weighted by atomic mass is 19.4. The second-order valence-electron chi connectivity index (χ2n) is 7.20. The van der Waals surface area contributed by atoms with E-state index in [1.807, 2.05) is 0 Å². The summed E-state index contributed by atoms with van der Waals surface area (Å²) in [4.78, 5) is 20.1. The van der Waals surface area contributed by atoms with Gasteiger partial charge in [-0.2, -0.15) is 17.6 Å². The third-order valence-corrected chi connectivity index (χ3v) is 4.93. The number of aryl methyl sites for hydroxylation is 1. The van der Waals surface area contributed by atoms with E-state index in [2.05, 4.69) is 15.3 Å². The summed E-state index contributed by atoms with van der Waals surface area (Å²) < 4.78 is 54.2. The summed E-state index contributed by atoms with van der Waals surface area (Å²) in [6, 6.07) is 8.51. The molecule has 3 aromatic rings. The van der Waals surface area contributed by atoms with Crippen molar-refractivity contribution in [1.82, 2.24) is 15.3 Å². The third-order valence-electron chi connectivity index (χ3n) is 4.93. The maximum absolute atomic E-state index is 13.7. The molecule has 0 unspecified atom stereocenters. The average Bonchev–Trinajstić information content (AvgIpc) is 3.50. The number of pyridine rings is 2. The van der Waals surface area contributed by atoms with Gasteiger partial charge in [0.2, 0.25) is 5.95 Å². The second-order valence-corrected chi connectivity index (χ2v) is 7.20. The van der Waals surface area contributed by atoms with Crippen molar-refractivity contribution in [3.8, 4) is 0 Å². The zero-order valence-electron chi connectivity index (χ0n) is 15.5. The number of aromatic nitrogens is 2. The van der Waals surface area contributed by atoms with Gasteiger partial charge in [0.1, 0.15) is 5.69 Å². The van der Waals surface area contributed by atoms with E-state index in [-0.39, 0.29) is 23.7 Å². The van der Waals surface area contributed by atoms with E-state index in [1.165, 1.54) is 24.3 Å². The van der Waals surface area contributed by atoms with E-state index in [0.717, 1.165) is 18.9 Å². The summed E-state index contributed by atoms with van der Waals surface area (Å²) in [5.74, 6) is -1.18. The summed E-state index contributed by atoms with van der Waals surface area (Å²) >= 11 is 0. The molecule has 1 aliphatic carbocycles. The SMILES string of the molecule is Cc1cc(C(=O)NCc2cccc(F)n2)nc2c(C(F)(F)F)cc(C3CC3)cc12. The molecule has 0 radical (unpaired) electrons. The molecule has 1 fully saturated rings. The Balaban J connectivity index is 1.70. The summed E-state index contributed by atoms with van der Waals surface area (Å²) in [5.41, 5.74) is 0.288. The molecule has 0 bridgehead atoms. The largest absolute Gasteiger partial charge is 0.418 e. The quantitative estimate of drug-likeness (QED) is 0.498. The molecule has 1 N–H and O–H groups in total. The Morgan fingerprint density at radius 1 is 1.17 bits per heavy atom. The van der Waals surface area contributed by atoms with Gasteiger partial charge in [-0.05, 0) is 67.1 Å². The van der Waals surface area contributed by atoms with E-state index in [4.69, 9.17) is 0 Å².